The molecule has 1 fully saturated rings. The van der Waals surface area contributed by atoms with Gasteiger partial charge in [-0.05, 0) is 51.0 Å². The molecule has 2 rings (SSSR count). The zero-order chi connectivity index (χ0) is 20.7. The van der Waals surface area contributed by atoms with Crippen LogP contribution in [0.1, 0.15) is 51.5 Å². The van der Waals surface area contributed by atoms with E-state index in [9.17, 15) is 14.9 Å². The molecule has 0 aromatic heterocycles. The minimum Gasteiger partial charge on any atom is -0.479 e. The van der Waals surface area contributed by atoms with Gasteiger partial charge in [-0.2, -0.15) is 10.5 Å². The molecule has 0 radical (unpaired) electrons. The molecule has 1 saturated carbocycles. The summed E-state index contributed by atoms with van der Waals surface area (Å²) in [5, 5.41) is 18.4. The molecule has 1 aliphatic carbocycles. The van der Waals surface area contributed by atoms with Crippen LogP contribution in [0.4, 0.5) is 0 Å². The summed E-state index contributed by atoms with van der Waals surface area (Å²) >= 11 is 0. The maximum atomic E-state index is 12.7. The number of hydrogen-bond donors (Lipinski definition) is 0. The van der Waals surface area contributed by atoms with Crippen molar-refractivity contribution in [2.45, 2.75) is 63.7 Å². The molecule has 7 heteroatoms. The van der Waals surface area contributed by atoms with Gasteiger partial charge in [0.25, 0.3) is 5.91 Å². The van der Waals surface area contributed by atoms with E-state index in [0.29, 0.717) is 24.2 Å². The summed E-state index contributed by atoms with van der Waals surface area (Å²) in [4.78, 5) is 26.4. The van der Waals surface area contributed by atoms with Crippen LogP contribution in [-0.2, 0) is 14.3 Å². The SMILES string of the molecule is C[C@H](Oc1ccc(C#N)cc1)C(=O)O[C@H](C)C(=O)N(C)C1(C#N)CCCCC1. The number of nitrogens with zero attached hydrogens (tertiary/aromatic N) is 3. The molecule has 2 atom stereocenters. The number of nitriles is 2. The van der Waals surface area contributed by atoms with E-state index >= 15 is 0 Å². The Morgan fingerprint density at radius 1 is 1.07 bits per heavy atom. The number of hydrogen-bond acceptors (Lipinski definition) is 6. The van der Waals surface area contributed by atoms with Crippen molar-refractivity contribution in [3.63, 3.8) is 0 Å². The quantitative estimate of drug-likeness (QED) is 0.700. The Labute approximate surface area is 165 Å². The predicted octanol–water partition coefficient (Wildman–Crippen LogP) is 2.94. The Bertz CT molecular complexity index is 785. The summed E-state index contributed by atoms with van der Waals surface area (Å²) in [6.07, 6.45) is 2.17. The van der Waals surface area contributed by atoms with Crippen LogP contribution in [0.3, 0.4) is 0 Å². The standard InChI is InChI=1S/C21H25N3O4/c1-15(19(25)24(3)21(14-23)11-5-4-6-12-21)28-20(26)16(2)27-18-9-7-17(13-22)8-10-18/h7-10,15-16H,4-6,11-12H2,1-3H3/t15-,16+/m1/s1. The van der Waals surface area contributed by atoms with Crippen molar-refractivity contribution in [1.29, 1.82) is 10.5 Å². The van der Waals surface area contributed by atoms with Gasteiger partial charge in [0.05, 0.1) is 17.7 Å². The number of esters is 1. The van der Waals surface area contributed by atoms with Crippen LogP contribution in [-0.4, -0.2) is 41.6 Å². The number of rotatable bonds is 6. The van der Waals surface area contributed by atoms with Crippen molar-refractivity contribution in [3.05, 3.63) is 29.8 Å². The smallest absolute Gasteiger partial charge is 0.347 e. The minimum absolute atomic E-state index is 0.401. The fourth-order valence-electron chi connectivity index (χ4n) is 3.32. The lowest BCUT2D eigenvalue weighted by atomic mass is 9.81. The highest BCUT2D eigenvalue weighted by Gasteiger charge is 2.41. The highest BCUT2D eigenvalue weighted by atomic mass is 16.6. The molecule has 1 aromatic carbocycles. The molecule has 0 N–H and O–H groups in total. The summed E-state index contributed by atoms with van der Waals surface area (Å²) in [6.45, 7) is 3.03. The number of likely N-dealkylation sites (N-methyl/N-ethyl adjacent to an activating group) is 1. The molecule has 0 saturated heterocycles. The largest absolute Gasteiger partial charge is 0.479 e. The highest BCUT2D eigenvalue weighted by Crippen LogP contribution is 2.33. The lowest BCUT2D eigenvalue weighted by Gasteiger charge is -2.39. The zero-order valence-corrected chi connectivity index (χ0v) is 16.5. The third-order valence-electron chi connectivity index (χ3n) is 5.13. The van der Waals surface area contributed by atoms with E-state index in [1.165, 1.54) is 18.7 Å². The van der Waals surface area contributed by atoms with Crippen LogP contribution in [0.2, 0.25) is 0 Å². The molecule has 148 valence electrons. The maximum absolute atomic E-state index is 12.7. The minimum atomic E-state index is -1.02. The Morgan fingerprint density at radius 3 is 2.21 bits per heavy atom. The van der Waals surface area contributed by atoms with Crippen LogP contribution in [0.25, 0.3) is 0 Å². The fourth-order valence-corrected chi connectivity index (χ4v) is 3.32. The van der Waals surface area contributed by atoms with Crippen molar-refractivity contribution in [3.8, 4) is 17.9 Å². The molecule has 0 unspecified atom stereocenters. The molecule has 0 heterocycles. The first kappa shape index (κ1) is 21.2. The van der Waals surface area contributed by atoms with Crippen LogP contribution in [0.5, 0.6) is 5.75 Å². The van der Waals surface area contributed by atoms with E-state index in [-0.39, 0.29) is 0 Å². The number of ether oxygens (including phenoxy) is 2. The van der Waals surface area contributed by atoms with Crippen molar-refractivity contribution < 1.29 is 19.1 Å². The van der Waals surface area contributed by atoms with Gasteiger partial charge in [0, 0.05) is 7.05 Å². The van der Waals surface area contributed by atoms with Gasteiger partial charge in [-0.15, -0.1) is 0 Å². The van der Waals surface area contributed by atoms with E-state index in [1.54, 1.807) is 31.3 Å². The Morgan fingerprint density at radius 2 is 1.68 bits per heavy atom. The first-order chi connectivity index (χ1) is 13.3. The van der Waals surface area contributed by atoms with Gasteiger partial charge in [0.1, 0.15) is 11.3 Å². The van der Waals surface area contributed by atoms with Crippen LogP contribution in [0, 0.1) is 22.7 Å². The molecule has 1 aliphatic rings. The summed E-state index contributed by atoms with van der Waals surface area (Å²) in [6, 6.07) is 10.6. The zero-order valence-electron chi connectivity index (χ0n) is 16.5. The van der Waals surface area contributed by atoms with E-state index < -0.39 is 29.6 Å². The van der Waals surface area contributed by atoms with Crippen molar-refractivity contribution in [1.82, 2.24) is 4.90 Å². The van der Waals surface area contributed by atoms with E-state index in [4.69, 9.17) is 14.7 Å². The van der Waals surface area contributed by atoms with Gasteiger partial charge < -0.3 is 14.4 Å². The Balaban J connectivity index is 1.95. The van der Waals surface area contributed by atoms with Crippen LogP contribution < -0.4 is 4.74 Å². The third-order valence-corrected chi connectivity index (χ3v) is 5.13. The number of benzene rings is 1. The predicted molar refractivity (Wildman–Crippen MR) is 101 cm³/mol. The average molecular weight is 383 g/mol. The topological polar surface area (TPSA) is 103 Å². The van der Waals surface area contributed by atoms with Gasteiger partial charge in [-0.3, -0.25) is 4.79 Å². The summed E-state index contributed by atoms with van der Waals surface area (Å²) in [7, 11) is 1.60. The number of carbonyl (C=O) groups is 2. The van der Waals surface area contributed by atoms with Gasteiger partial charge in [0.2, 0.25) is 0 Å². The Hall–Kier alpha value is -3.06. The second-order valence-electron chi connectivity index (χ2n) is 7.08. The van der Waals surface area contributed by atoms with Crippen molar-refractivity contribution in [2.75, 3.05) is 7.05 Å². The summed E-state index contributed by atoms with van der Waals surface area (Å²) in [5.41, 5.74) is -0.348. The molecule has 1 amide bonds. The van der Waals surface area contributed by atoms with Gasteiger partial charge in [-0.25, -0.2) is 4.79 Å². The lowest BCUT2D eigenvalue weighted by Crippen LogP contribution is -2.53. The van der Waals surface area contributed by atoms with Gasteiger partial charge in [0.15, 0.2) is 12.2 Å². The molecule has 0 spiro atoms. The lowest BCUT2D eigenvalue weighted by molar-refractivity contribution is -0.165. The molecular weight excluding hydrogens is 358 g/mol. The second-order valence-corrected chi connectivity index (χ2v) is 7.08. The molecule has 0 bridgehead atoms. The molecule has 28 heavy (non-hydrogen) atoms. The van der Waals surface area contributed by atoms with Crippen LogP contribution in [0.15, 0.2) is 24.3 Å². The summed E-state index contributed by atoms with van der Waals surface area (Å²) < 4.78 is 10.8. The van der Waals surface area contributed by atoms with Crippen LogP contribution >= 0.6 is 0 Å². The van der Waals surface area contributed by atoms with Crippen molar-refractivity contribution >= 4 is 11.9 Å². The number of carbonyl (C=O) groups excluding carboxylic acids is 2. The van der Waals surface area contributed by atoms with E-state index in [1.807, 2.05) is 6.07 Å². The average Bonchev–Trinajstić information content (AvgIpc) is 2.73. The molecule has 0 aliphatic heterocycles. The van der Waals surface area contributed by atoms with Gasteiger partial charge in [-0.1, -0.05) is 19.3 Å². The maximum Gasteiger partial charge on any atom is 0.347 e. The van der Waals surface area contributed by atoms with Crippen molar-refractivity contribution in [2.24, 2.45) is 0 Å². The monoisotopic (exact) mass is 383 g/mol. The normalized spacial score (nSPS) is 17.3. The molecular formula is C21H25N3O4. The first-order valence-corrected chi connectivity index (χ1v) is 9.39. The number of amides is 1. The van der Waals surface area contributed by atoms with E-state index in [0.717, 1.165) is 19.3 Å². The highest BCUT2D eigenvalue weighted by molar-refractivity contribution is 5.85. The summed E-state index contributed by atoms with van der Waals surface area (Å²) in [5.74, 6) is -0.652. The van der Waals surface area contributed by atoms with E-state index in [2.05, 4.69) is 6.07 Å². The third kappa shape index (κ3) is 4.80. The first-order valence-electron chi connectivity index (χ1n) is 9.39. The molecule has 1 aromatic rings. The Kier molecular flexibility index (Phi) is 7.00. The molecule has 7 nitrogen and oxygen atoms in total. The second kappa shape index (κ2) is 9.23. The van der Waals surface area contributed by atoms with Gasteiger partial charge >= 0.3 is 5.97 Å². The fraction of sp³-hybridized carbons (Fsp3) is 0.524.